The Morgan fingerprint density at radius 3 is 2.81 bits per heavy atom. The fourth-order valence-electron chi connectivity index (χ4n) is 4.27. The van der Waals surface area contributed by atoms with Crippen molar-refractivity contribution in [3.63, 3.8) is 0 Å². The molecule has 0 bridgehead atoms. The Morgan fingerprint density at radius 1 is 1.19 bits per heavy atom. The van der Waals surface area contributed by atoms with Crippen LogP contribution in [-0.4, -0.2) is 48.5 Å². The van der Waals surface area contributed by atoms with Gasteiger partial charge in [0.25, 0.3) is 0 Å². The number of aliphatic hydroxyl groups is 1. The molecule has 1 N–H and O–H groups in total. The van der Waals surface area contributed by atoms with Crippen molar-refractivity contribution in [2.24, 2.45) is 0 Å². The predicted molar refractivity (Wildman–Crippen MR) is 116 cm³/mol. The second-order valence-electron chi connectivity index (χ2n) is 8.06. The van der Waals surface area contributed by atoms with E-state index in [9.17, 15) is 9.50 Å². The zero-order chi connectivity index (χ0) is 21.6. The zero-order valence-electron chi connectivity index (χ0n) is 17.8. The van der Waals surface area contributed by atoms with Crippen molar-refractivity contribution in [2.45, 2.75) is 38.4 Å². The number of halogens is 1. The van der Waals surface area contributed by atoms with Gasteiger partial charge in [-0.25, -0.2) is 4.39 Å². The number of hydrogen-bond donors (Lipinski definition) is 1. The molecular formula is C24H29FN2O4. The van der Waals surface area contributed by atoms with E-state index in [0.29, 0.717) is 24.7 Å². The monoisotopic (exact) mass is 428 g/mol. The van der Waals surface area contributed by atoms with Gasteiger partial charge in [-0.2, -0.15) is 0 Å². The first-order valence-electron chi connectivity index (χ1n) is 10.8. The minimum Gasteiger partial charge on any atom is -0.493 e. The second kappa shape index (κ2) is 10.2. The number of aromatic nitrogens is 1. The molecule has 0 amide bonds. The average Bonchev–Trinajstić information content (AvgIpc) is 3.21. The van der Waals surface area contributed by atoms with Crippen molar-refractivity contribution >= 4 is 11.0 Å². The molecule has 0 unspecified atom stereocenters. The summed E-state index contributed by atoms with van der Waals surface area (Å²) >= 11 is 0. The minimum absolute atomic E-state index is 0.00791. The third-order valence-electron chi connectivity index (χ3n) is 5.92. The van der Waals surface area contributed by atoms with Gasteiger partial charge in [0, 0.05) is 36.6 Å². The van der Waals surface area contributed by atoms with Crippen LogP contribution in [0.4, 0.5) is 4.39 Å². The summed E-state index contributed by atoms with van der Waals surface area (Å²) in [5.41, 5.74) is 3.28. The molecule has 2 heterocycles. The van der Waals surface area contributed by atoms with E-state index in [1.54, 1.807) is 13.2 Å². The summed E-state index contributed by atoms with van der Waals surface area (Å²) in [6, 6.07) is 10.3. The van der Waals surface area contributed by atoms with E-state index in [1.807, 2.05) is 18.2 Å². The fourth-order valence-corrected chi connectivity index (χ4v) is 4.27. The van der Waals surface area contributed by atoms with Crippen LogP contribution in [0.25, 0.3) is 11.0 Å². The lowest BCUT2D eigenvalue weighted by Crippen LogP contribution is -2.34. The number of likely N-dealkylation sites (tertiary alicyclic amines) is 1. The molecule has 0 radical (unpaired) electrons. The molecule has 166 valence electrons. The highest BCUT2D eigenvalue weighted by atomic mass is 19.1. The lowest BCUT2D eigenvalue weighted by molar-refractivity contribution is 0.174. The summed E-state index contributed by atoms with van der Waals surface area (Å²) in [5, 5.41) is 14.5. The summed E-state index contributed by atoms with van der Waals surface area (Å²) in [5.74, 6) is 0.860. The van der Waals surface area contributed by atoms with Gasteiger partial charge in [-0.1, -0.05) is 11.2 Å². The van der Waals surface area contributed by atoms with Gasteiger partial charge in [0.05, 0.1) is 25.5 Å². The van der Waals surface area contributed by atoms with E-state index < -0.39 is 0 Å². The summed E-state index contributed by atoms with van der Waals surface area (Å²) in [4.78, 5) is 2.45. The maximum absolute atomic E-state index is 13.4. The van der Waals surface area contributed by atoms with Crippen LogP contribution < -0.4 is 4.74 Å². The quantitative estimate of drug-likeness (QED) is 0.514. The normalized spacial score (nSPS) is 15.6. The van der Waals surface area contributed by atoms with Crippen LogP contribution in [0, 0.1) is 5.82 Å². The Kier molecular flexibility index (Phi) is 7.17. The Morgan fingerprint density at radius 2 is 2.03 bits per heavy atom. The topological polar surface area (TPSA) is 68.0 Å². The summed E-state index contributed by atoms with van der Waals surface area (Å²) in [7, 11) is 1.65. The molecule has 0 saturated carbocycles. The Hall–Kier alpha value is -2.48. The molecule has 1 saturated heterocycles. The largest absolute Gasteiger partial charge is 0.493 e. The smallest absolute Gasteiger partial charge is 0.170 e. The Labute approximate surface area is 181 Å². The van der Waals surface area contributed by atoms with Crippen molar-refractivity contribution in [1.82, 2.24) is 10.1 Å². The van der Waals surface area contributed by atoms with E-state index >= 15 is 0 Å². The van der Waals surface area contributed by atoms with Gasteiger partial charge in [0.15, 0.2) is 5.58 Å². The van der Waals surface area contributed by atoms with Gasteiger partial charge >= 0.3 is 0 Å². The van der Waals surface area contributed by atoms with Gasteiger partial charge in [-0.05, 0) is 62.2 Å². The summed E-state index contributed by atoms with van der Waals surface area (Å²) in [6.07, 6.45) is 2.96. The van der Waals surface area contributed by atoms with Gasteiger partial charge in [0.2, 0.25) is 0 Å². The Bertz CT molecular complexity index is 998. The minimum atomic E-state index is -0.300. The third kappa shape index (κ3) is 5.23. The standard InChI is InChI=1S/C24H29FN2O4/c1-29-16-19-13-17(15-28)3-6-22(19)30-12-2-9-27-10-7-18(8-11-27)24-21-5-4-20(25)14-23(21)31-26-24/h3-6,13-14,18,28H,2,7-12,15-16H2,1H3. The van der Waals surface area contributed by atoms with Crippen LogP contribution in [0.1, 0.15) is 42.0 Å². The number of rotatable bonds is 9. The molecular weight excluding hydrogens is 399 g/mol. The van der Waals surface area contributed by atoms with Crippen LogP contribution in [0.3, 0.4) is 0 Å². The number of nitrogens with zero attached hydrogens (tertiary/aromatic N) is 2. The molecule has 0 atom stereocenters. The van der Waals surface area contributed by atoms with Crippen LogP contribution in [0.2, 0.25) is 0 Å². The summed E-state index contributed by atoms with van der Waals surface area (Å²) in [6.45, 7) is 4.08. The SMILES string of the molecule is COCc1cc(CO)ccc1OCCCN1CCC(c2noc3cc(F)ccc23)CC1. The highest BCUT2D eigenvalue weighted by molar-refractivity contribution is 5.79. The molecule has 0 spiro atoms. The number of aliphatic hydroxyl groups excluding tert-OH is 1. The number of piperidine rings is 1. The highest BCUT2D eigenvalue weighted by Crippen LogP contribution is 2.32. The molecule has 3 aromatic rings. The third-order valence-corrected chi connectivity index (χ3v) is 5.92. The zero-order valence-corrected chi connectivity index (χ0v) is 17.8. The molecule has 1 fully saturated rings. The molecule has 7 heteroatoms. The number of hydrogen-bond acceptors (Lipinski definition) is 6. The van der Waals surface area contributed by atoms with Gasteiger partial charge in [-0.3, -0.25) is 0 Å². The first-order valence-corrected chi connectivity index (χ1v) is 10.8. The number of ether oxygens (including phenoxy) is 2. The van der Waals surface area contributed by atoms with Crippen molar-refractivity contribution < 1.29 is 23.5 Å². The van der Waals surface area contributed by atoms with E-state index in [-0.39, 0.29) is 12.4 Å². The molecule has 31 heavy (non-hydrogen) atoms. The molecule has 0 aliphatic carbocycles. The lowest BCUT2D eigenvalue weighted by atomic mass is 9.91. The second-order valence-corrected chi connectivity index (χ2v) is 8.06. The maximum Gasteiger partial charge on any atom is 0.170 e. The number of methoxy groups -OCH3 is 1. The molecule has 4 rings (SSSR count). The molecule has 6 nitrogen and oxygen atoms in total. The van der Waals surface area contributed by atoms with Crippen LogP contribution in [0.15, 0.2) is 40.9 Å². The van der Waals surface area contributed by atoms with Crippen LogP contribution in [0.5, 0.6) is 5.75 Å². The van der Waals surface area contributed by atoms with E-state index in [0.717, 1.165) is 66.9 Å². The van der Waals surface area contributed by atoms with Gasteiger partial charge in [0.1, 0.15) is 11.6 Å². The molecule has 2 aromatic carbocycles. The first kappa shape index (κ1) is 21.7. The molecule has 1 aromatic heterocycles. The predicted octanol–water partition coefficient (Wildman–Crippen LogP) is 4.25. The van der Waals surface area contributed by atoms with Gasteiger partial charge in [-0.15, -0.1) is 0 Å². The fraction of sp³-hybridized carbons (Fsp3) is 0.458. The van der Waals surface area contributed by atoms with Crippen molar-refractivity contribution in [2.75, 3.05) is 33.4 Å². The highest BCUT2D eigenvalue weighted by Gasteiger charge is 2.25. The number of benzene rings is 2. The summed E-state index contributed by atoms with van der Waals surface area (Å²) < 4.78 is 29.9. The van der Waals surface area contributed by atoms with Crippen molar-refractivity contribution in [3.8, 4) is 5.75 Å². The van der Waals surface area contributed by atoms with Crippen LogP contribution in [-0.2, 0) is 18.0 Å². The van der Waals surface area contributed by atoms with Crippen molar-refractivity contribution in [1.29, 1.82) is 0 Å². The van der Waals surface area contributed by atoms with E-state index in [2.05, 4.69) is 10.1 Å². The number of fused-ring (bicyclic) bond motifs is 1. The maximum atomic E-state index is 13.4. The van der Waals surface area contributed by atoms with Crippen molar-refractivity contribution in [3.05, 3.63) is 59.0 Å². The Balaban J connectivity index is 1.24. The average molecular weight is 429 g/mol. The van der Waals surface area contributed by atoms with Gasteiger partial charge < -0.3 is 24.0 Å². The first-order chi connectivity index (χ1) is 15.2. The molecule has 1 aliphatic rings. The lowest BCUT2D eigenvalue weighted by Gasteiger charge is -2.31. The van der Waals surface area contributed by atoms with E-state index in [1.165, 1.54) is 12.1 Å². The molecule has 1 aliphatic heterocycles. The van der Waals surface area contributed by atoms with E-state index in [4.69, 9.17) is 14.0 Å². The van der Waals surface area contributed by atoms with Crippen LogP contribution >= 0.6 is 0 Å².